The maximum absolute atomic E-state index is 13.4. The number of aryl methyl sites for hydroxylation is 2. The van der Waals surface area contributed by atoms with Gasteiger partial charge >= 0.3 is 5.97 Å². The smallest absolute Gasteiger partial charge is 0.309 e. The van der Waals surface area contributed by atoms with E-state index in [1.165, 1.54) is 0 Å². The molecule has 0 spiro atoms. The van der Waals surface area contributed by atoms with Crippen LogP contribution in [0.25, 0.3) is 0 Å². The van der Waals surface area contributed by atoms with Crippen molar-refractivity contribution in [3.05, 3.63) is 59.2 Å². The average Bonchev–Trinajstić information content (AvgIpc) is 2.59. The van der Waals surface area contributed by atoms with E-state index in [9.17, 15) is 18.4 Å². The summed E-state index contributed by atoms with van der Waals surface area (Å²) in [6.45, 7) is 3.32. The highest BCUT2D eigenvalue weighted by Gasteiger charge is 2.11. The molecule has 5 nitrogen and oxygen atoms in total. The van der Waals surface area contributed by atoms with Crippen LogP contribution in [0, 0.1) is 25.5 Å². The number of benzene rings is 2. The van der Waals surface area contributed by atoms with Crippen LogP contribution in [0.1, 0.15) is 17.5 Å². The summed E-state index contributed by atoms with van der Waals surface area (Å²) in [5, 5.41) is 2.14. The Labute approximate surface area is 149 Å². The molecule has 0 fully saturated rings. The van der Waals surface area contributed by atoms with E-state index in [0.717, 1.165) is 29.3 Å². The lowest BCUT2D eigenvalue weighted by molar-refractivity contribution is -0.147. The molecule has 0 unspecified atom stereocenters. The standard InChI is InChI=1S/C19H19F2NO4/c1-12-3-4-13(2)17(9-12)25-8-7-19(24)26-11-18(23)22-16-10-14(20)5-6-15(16)21/h3-6,9-10H,7-8,11H2,1-2H3,(H,22,23). The predicted octanol–water partition coefficient (Wildman–Crippen LogP) is 3.53. The van der Waals surface area contributed by atoms with Gasteiger partial charge in [-0.15, -0.1) is 0 Å². The Balaban J connectivity index is 1.73. The Morgan fingerprint density at radius 2 is 1.85 bits per heavy atom. The summed E-state index contributed by atoms with van der Waals surface area (Å²) in [6.07, 6.45) is -0.0466. The first-order chi connectivity index (χ1) is 12.3. The minimum atomic E-state index is -0.784. The molecular weight excluding hydrogens is 344 g/mol. The Hall–Kier alpha value is -2.96. The molecule has 0 saturated heterocycles. The van der Waals surface area contributed by atoms with E-state index in [-0.39, 0.29) is 18.7 Å². The number of hydrogen-bond donors (Lipinski definition) is 1. The average molecular weight is 363 g/mol. The van der Waals surface area contributed by atoms with Gasteiger partial charge in [-0.2, -0.15) is 0 Å². The number of nitrogens with one attached hydrogen (secondary N) is 1. The van der Waals surface area contributed by atoms with Gasteiger partial charge in [-0.05, 0) is 43.2 Å². The lowest BCUT2D eigenvalue weighted by Gasteiger charge is -2.10. The highest BCUT2D eigenvalue weighted by atomic mass is 19.1. The molecule has 26 heavy (non-hydrogen) atoms. The van der Waals surface area contributed by atoms with Gasteiger partial charge in [-0.1, -0.05) is 12.1 Å². The molecule has 0 atom stereocenters. The van der Waals surface area contributed by atoms with Crippen molar-refractivity contribution in [1.29, 1.82) is 0 Å². The Morgan fingerprint density at radius 1 is 1.08 bits per heavy atom. The minimum absolute atomic E-state index is 0.0466. The summed E-state index contributed by atoms with van der Waals surface area (Å²) in [4.78, 5) is 23.3. The Bertz CT molecular complexity index is 808. The number of rotatable bonds is 7. The molecule has 7 heteroatoms. The highest BCUT2D eigenvalue weighted by Crippen LogP contribution is 2.19. The topological polar surface area (TPSA) is 64.6 Å². The van der Waals surface area contributed by atoms with Gasteiger partial charge in [0.25, 0.3) is 5.91 Å². The van der Waals surface area contributed by atoms with Crippen molar-refractivity contribution in [2.45, 2.75) is 20.3 Å². The highest BCUT2D eigenvalue weighted by molar-refractivity contribution is 5.92. The molecular formula is C19H19F2NO4. The zero-order chi connectivity index (χ0) is 19.1. The summed E-state index contributed by atoms with van der Waals surface area (Å²) in [5.41, 5.74) is 1.67. The van der Waals surface area contributed by atoms with Crippen molar-refractivity contribution in [3.8, 4) is 5.75 Å². The van der Waals surface area contributed by atoms with E-state index < -0.39 is 30.1 Å². The van der Waals surface area contributed by atoms with E-state index in [2.05, 4.69) is 5.32 Å². The van der Waals surface area contributed by atoms with Gasteiger partial charge in [0.05, 0.1) is 18.7 Å². The summed E-state index contributed by atoms with van der Waals surface area (Å²) in [6, 6.07) is 8.40. The summed E-state index contributed by atoms with van der Waals surface area (Å²) in [5.74, 6) is -2.20. The van der Waals surface area contributed by atoms with Gasteiger partial charge in [0.1, 0.15) is 17.4 Å². The van der Waals surface area contributed by atoms with Crippen molar-refractivity contribution in [1.82, 2.24) is 0 Å². The van der Waals surface area contributed by atoms with Crippen LogP contribution in [0.15, 0.2) is 36.4 Å². The number of anilines is 1. The molecule has 1 amide bonds. The summed E-state index contributed by atoms with van der Waals surface area (Å²) < 4.78 is 36.8. The molecule has 0 aliphatic carbocycles. The number of carbonyl (C=O) groups is 2. The number of halogens is 2. The molecule has 0 heterocycles. The molecule has 0 radical (unpaired) electrons. The quantitative estimate of drug-likeness (QED) is 0.765. The molecule has 0 bridgehead atoms. The first kappa shape index (κ1) is 19.4. The summed E-state index contributed by atoms with van der Waals surface area (Å²) >= 11 is 0. The third kappa shape index (κ3) is 5.84. The van der Waals surface area contributed by atoms with Gasteiger partial charge in [-0.25, -0.2) is 8.78 Å². The number of carbonyl (C=O) groups excluding carboxylic acids is 2. The van der Waals surface area contributed by atoms with E-state index >= 15 is 0 Å². The van der Waals surface area contributed by atoms with Crippen LogP contribution in [0.5, 0.6) is 5.75 Å². The molecule has 138 valence electrons. The van der Waals surface area contributed by atoms with E-state index in [1.54, 1.807) is 0 Å². The maximum atomic E-state index is 13.4. The second kappa shape index (κ2) is 8.94. The second-order valence-corrected chi connectivity index (χ2v) is 5.70. The van der Waals surface area contributed by atoms with Gasteiger partial charge in [0.2, 0.25) is 0 Å². The van der Waals surface area contributed by atoms with Crippen LogP contribution in [0.3, 0.4) is 0 Å². The predicted molar refractivity (Wildman–Crippen MR) is 92.0 cm³/mol. The van der Waals surface area contributed by atoms with Gasteiger partial charge in [-0.3, -0.25) is 9.59 Å². The number of amides is 1. The Morgan fingerprint density at radius 3 is 2.62 bits per heavy atom. The van der Waals surface area contributed by atoms with Crippen LogP contribution in [0.4, 0.5) is 14.5 Å². The minimum Gasteiger partial charge on any atom is -0.493 e. The molecule has 1 N–H and O–H groups in total. The van der Waals surface area contributed by atoms with Crippen LogP contribution in [-0.2, 0) is 14.3 Å². The molecule has 2 aromatic carbocycles. The van der Waals surface area contributed by atoms with Crippen molar-refractivity contribution >= 4 is 17.6 Å². The van der Waals surface area contributed by atoms with E-state index in [0.29, 0.717) is 5.75 Å². The monoisotopic (exact) mass is 363 g/mol. The third-order valence-electron chi connectivity index (χ3n) is 3.47. The first-order valence-corrected chi connectivity index (χ1v) is 7.95. The van der Waals surface area contributed by atoms with Gasteiger partial charge in [0, 0.05) is 6.07 Å². The van der Waals surface area contributed by atoms with Crippen molar-refractivity contribution in [2.24, 2.45) is 0 Å². The fourth-order valence-corrected chi connectivity index (χ4v) is 2.10. The molecule has 0 aromatic heterocycles. The lowest BCUT2D eigenvalue weighted by Crippen LogP contribution is -2.22. The lowest BCUT2D eigenvalue weighted by atomic mass is 10.1. The van der Waals surface area contributed by atoms with Crippen LogP contribution in [0.2, 0.25) is 0 Å². The van der Waals surface area contributed by atoms with Crippen LogP contribution >= 0.6 is 0 Å². The fraction of sp³-hybridized carbons (Fsp3) is 0.263. The number of esters is 1. The SMILES string of the molecule is Cc1ccc(C)c(OCCC(=O)OCC(=O)Nc2cc(F)ccc2F)c1. The molecule has 0 saturated carbocycles. The molecule has 2 rings (SSSR count). The molecule has 0 aliphatic rings. The van der Waals surface area contributed by atoms with Crippen LogP contribution < -0.4 is 10.1 Å². The zero-order valence-corrected chi connectivity index (χ0v) is 14.5. The van der Waals surface area contributed by atoms with Crippen molar-refractivity contribution in [3.63, 3.8) is 0 Å². The maximum Gasteiger partial charge on any atom is 0.309 e. The second-order valence-electron chi connectivity index (χ2n) is 5.70. The van der Waals surface area contributed by atoms with Crippen LogP contribution in [-0.4, -0.2) is 25.1 Å². The van der Waals surface area contributed by atoms with Crippen molar-refractivity contribution < 1.29 is 27.8 Å². The van der Waals surface area contributed by atoms with Crippen molar-refractivity contribution in [2.75, 3.05) is 18.5 Å². The van der Waals surface area contributed by atoms with E-state index in [4.69, 9.17) is 9.47 Å². The Kier molecular flexibility index (Phi) is 6.66. The van der Waals surface area contributed by atoms with Gasteiger partial charge in [0.15, 0.2) is 6.61 Å². The largest absolute Gasteiger partial charge is 0.493 e. The normalized spacial score (nSPS) is 10.3. The third-order valence-corrected chi connectivity index (χ3v) is 3.47. The summed E-state index contributed by atoms with van der Waals surface area (Å²) in [7, 11) is 0. The fourth-order valence-electron chi connectivity index (χ4n) is 2.10. The number of hydrogen-bond acceptors (Lipinski definition) is 4. The molecule has 2 aromatic rings. The first-order valence-electron chi connectivity index (χ1n) is 7.95. The van der Waals surface area contributed by atoms with Gasteiger partial charge < -0.3 is 14.8 Å². The van der Waals surface area contributed by atoms with E-state index in [1.807, 2.05) is 32.0 Å². The molecule has 0 aliphatic heterocycles. The number of ether oxygens (including phenoxy) is 2. The zero-order valence-electron chi connectivity index (χ0n) is 14.5.